The molecule has 6 heteroatoms. The maximum absolute atomic E-state index is 13.9. The van der Waals surface area contributed by atoms with Crippen LogP contribution in [-0.2, 0) is 6.42 Å². The average Bonchev–Trinajstić information content (AvgIpc) is 3.38. The summed E-state index contributed by atoms with van der Waals surface area (Å²) < 4.78 is 2.83. The fourth-order valence-electron chi connectivity index (χ4n) is 4.58. The Labute approximate surface area is 202 Å². The molecule has 34 heavy (non-hydrogen) atoms. The maximum Gasteiger partial charge on any atom is 0.268 e. The topological polar surface area (TPSA) is 46.7 Å². The lowest BCUT2D eigenvalue weighted by atomic mass is 10.0. The number of thiazole rings is 1. The molecule has 1 aliphatic rings. The molecule has 4 nitrogen and oxygen atoms in total. The summed E-state index contributed by atoms with van der Waals surface area (Å²) in [5, 5.41) is 0.704. The summed E-state index contributed by atoms with van der Waals surface area (Å²) in [4.78, 5) is 26.5. The van der Waals surface area contributed by atoms with E-state index in [0.29, 0.717) is 11.8 Å². The van der Waals surface area contributed by atoms with Gasteiger partial charge in [0.2, 0.25) is 0 Å². The predicted molar refractivity (Wildman–Crippen MR) is 142 cm³/mol. The molecule has 0 amide bonds. The summed E-state index contributed by atoms with van der Waals surface area (Å²) in [6, 6.07) is 28.4. The molecule has 0 N–H and O–H groups in total. The van der Waals surface area contributed by atoms with E-state index < -0.39 is 0 Å². The van der Waals surface area contributed by atoms with Crippen LogP contribution in [0.25, 0.3) is 31.1 Å². The Morgan fingerprint density at radius 3 is 2.29 bits per heavy atom. The summed E-state index contributed by atoms with van der Waals surface area (Å²) in [6.45, 7) is 0. The minimum Gasteiger partial charge on any atom is -0.268 e. The summed E-state index contributed by atoms with van der Waals surface area (Å²) >= 11 is 3.12. The van der Waals surface area contributed by atoms with Crippen LogP contribution >= 0.6 is 22.7 Å². The van der Waals surface area contributed by atoms with Crippen LogP contribution < -0.4 is 5.56 Å². The lowest BCUT2D eigenvalue weighted by Crippen LogP contribution is -2.14. The molecule has 1 aliphatic heterocycles. The van der Waals surface area contributed by atoms with E-state index in [4.69, 9.17) is 9.98 Å². The molecule has 0 spiro atoms. The Balaban J connectivity index is 1.55. The van der Waals surface area contributed by atoms with Crippen molar-refractivity contribution in [1.29, 1.82) is 0 Å². The van der Waals surface area contributed by atoms with Crippen molar-refractivity contribution in [1.82, 2.24) is 9.38 Å². The van der Waals surface area contributed by atoms with Gasteiger partial charge in [0.05, 0.1) is 31.9 Å². The highest BCUT2D eigenvalue weighted by molar-refractivity contribution is 7.24. The van der Waals surface area contributed by atoms with Crippen molar-refractivity contribution in [3.63, 3.8) is 0 Å². The molecular formula is C28H17N3OS2. The highest BCUT2D eigenvalue weighted by Crippen LogP contribution is 2.36. The number of para-hydroxylation sites is 1. The largest absolute Gasteiger partial charge is 0.268 e. The lowest BCUT2D eigenvalue weighted by molar-refractivity contribution is 1.15. The first-order chi connectivity index (χ1) is 16.8. The Hall–Kier alpha value is -3.87. The normalized spacial score (nSPS) is 13.6. The predicted octanol–water partition coefficient (Wildman–Crippen LogP) is 6.56. The van der Waals surface area contributed by atoms with Crippen molar-refractivity contribution in [2.24, 2.45) is 4.99 Å². The first-order valence-electron chi connectivity index (χ1n) is 11.0. The Morgan fingerprint density at radius 2 is 1.50 bits per heavy atom. The summed E-state index contributed by atoms with van der Waals surface area (Å²) in [6.07, 6.45) is 2.76. The molecule has 3 aromatic carbocycles. The molecule has 3 aromatic heterocycles. The van der Waals surface area contributed by atoms with Gasteiger partial charge in [0, 0.05) is 5.56 Å². The van der Waals surface area contributed by atoms with E-state index >= 15 is 0 Å². The lowest BCUT2D eigenvalue weighted by Gasteiger charge is -2.07. The van der Waals surface area contributed by atoms with Crippen LogP contribution in [0.3, 0.4) is 0 Å². The third-order valence-electron chi connectivity index (χ3n) is 6.16. The molecule has 0 radical (unpaired) electrons. The molecule has 7 rings (SSSR count). The van der Waals surface area contributed by atoms with Crippen molar-refractivity contribution < 1.29 is 0 Å². The van der Waals surface area contributed by atoms with Crippen molar-refractivity contribution in [2.45, 2.75) is 6.42 Å². The van der Waals surface area contributed by atoms with Gasteiger partial charge < -0.3 is 0 Å². The number of aromatic nitrogens is 2. The molecule has 0 bridgehead atoms. The molecule has 0 saturated carbocycles. The fourth-order valence-corrected chi connectivity index (χ4v) is 6.86. The Morgan fingerprint density at radius 1 is 0.794 bits per heavy atom. The van der Waals surface area contributed by atoms with Crippen molar-refractivity contribution in [3.8, 4) is 0 Å². The highest BCUT2D eigenvalue weighted by atomic mass is 32.1. The van der Waals surface area contributed by atoms with Crippen LogP contribution in [0.2, 0.25) is 0 Å². The number of aliphatic imine (C=N–C) groups is 1. The van der Waals surface area contributed by atoms with E-state index in [0.717, 1.165) is 53.0 Å². The van der Waals surface area contributed by atoms with Gasteiger partial charge in [-0.1, -0.05) is 90.2 Å². The smallest absolute Gasteiger partial charge is 0.268 e. The van der Waals surface area contributed by atoms with Gasteiger partial charge in [-0.2, -0.15) is 0 Å². The number of thiophene rings is 1. The van der Waals surface area contributed by atoms with E-state index in [1.54, 1.807) is 27.1 Å². The number of hydrogen-bond donors (Lipinski definition) is 0. The molecule has 0 atom stereocenters. The minimum atomic E-state index is -0.000997. The Bertz CT molecular complexity index is 1840. The number of fused-ring (bicyclic) bond motifs is 6. The number of rotatable bonds is 2. The van der Waals surface area contributed by atoms with Crippen molar-refractivity contribution in [2.75, 3.05) is 0 Å². The second-order valence-corrected chi connectivity index (χ2v) is 10.2. The fraction of sp³-hybridized carbons (Fsp3) is 0.0357. The van der Waals surface area contributed by atoms with Crippen LogP contribution in [-0.4, -0.2) is 15.1 Å². The van der Waals surface area contributed by atoms with Crippen molar-refractivity contribution in [3.05, 3.63) is 123 Å². The standard InChI is InChI=1S/C28H17N3OS2/c32-27-23-19-15-16-20(17-9-3-1-4-10-17)29-24(18-11-5-2-6-12-18)25(19)34-26(23)30-28-31(27)21-13-7-8-14-22(21)33-28/h1-14,16H,15H2. The second kappa shape index (κ2) is 7.58. The van der Waals surface area contributed by atoms with Crippen LogP contribution in [0.5, 0.6) is 0 Å². The zero-order valence-corrected chi connectivity index (χ0v) is 19.6. The van der Waals surface area contributed by atoms with E-state index in [9.17, 15) is 4.79 Å². The van der Waals surface area contributed by atoms with Gasteiger partial charge >= 0.3 is 0 Å². The van der Waals surface area contributed by atoms with E-state index in [1.165, 1.54) is 0 Å². The first-order valence-corrected chi connectivity index (χ1v) is 12.7. The number of benzene rings is 3. The summed E-state index contributed by atoms with van der Waals surface area (Å²) in [5.41, 5.74) is 5.83. The van der Waals surface area contributed by atoms with Gasteiger partial charge in [-0.3, -0.25) is 9.20 Å². The molecule has 6 aromatic rings. The van der Waals surface area contributed by atoms with Crippen LogP contribution in [0.15, 0.2) is 101 Å². The van der Waals surface area contributed by atoms with Gasteiger partial charge in [0.1, 0.15) is 4.83 Å². The van der Waals surface area contributed by atoms with Gasteiger partial charge in [0.25, 0.3) is 5.56 Å². The molecule has 162 valence electrons. The van der Waals surface area contributed by atoms with Crippen LogP contribution in [0.4, 0.5) is 0 Å². The first kappa shape index (κ1) is 19.6. The molecule has 0 unspecified atom stereocenters. The van der Waals surface area contributed by atoms with Gasteiger partial charge in [-0.15, -0.1) is 11.3 Å². The zero-order valence-electron chi connectivity index (χ0n) is 17.9. The Kier molecular flexibility index (Phi) is 4.37. The number of hydrogen-bond acceptors (Lipinski definition) is 5. The van der Waals surface area contributed by atoms with Crippen LogP contribution in [0, 0.1) is 0 Å². The molecule has 4 heterocycles. The van der Waals surface area contributed by atoms with E-state index in [1.807, 2.05) is 60.7 Å². The number of nitrogens with zero attached hydrogens (tertiary/aromatic N) is 3. The third kappa shape index (κ3) is 2.93. The van der Waals surface area contributed by atoms with Gasteiger partial charge in [-0.05, 0) is 29.7 Å². The van der Waals surface area contributed by atoms with Crippen LogP contribution in [0.1, 0.15) is 21.6 Å². The van der Waals surface area contributed by atoms with E-state index in [-0.39, 0.29) is 5.56 Å². The minimum absolute atomic E-state index is 0.000997. The van der Waals surface area contributed by atoms with Gasteiger partial charge in [-0.25, -0.2) is 9.98 Å². The summed E-state index contributed by atoms with van der Waals surface area (Å²) in [5.74, 6) is 0. The maximum atomic E-state index is 13.9. The highest BCUT2D eigenvalue weighted by Gasteiger charge is 2.25. The second-order valence-electron chi connectivity index (χ2n) is 8.18. The van der Waals surface area contributed by atoms with Crippen molar-refractivity contribution >= 4 is 59.5 Å². The quantitative estimate of drug-likeness (QED) is 0.285. The molecule has 0 fully saturated rings. The monoisotopic (exact) mass is 475 g/mol. The SMILES string of the molecule is O=c1c2c3c(sc2nc2sc4ccccc4n12)C(c1ccccc1)=NC(c1ccccc1)=CC3. The number of allylic oxidation sites excluding steroid dienone is 1. The molecule has 0 saturated heterocycles. The molecule has 0 aliphatic carbocycles. The summed E-state index contributed by atoms with van der Waals surface area (Å²) in [7, 11) is 0. The average molecular weight is 476 g/mol. The van der Waals surface area contributed by atoms with E-state index in [2.05, 4.69) is 30.3 Å². The third-order valence-corrected chi connectivity index (χ3v) is 8.32. The molecular weight excluding hydrogens is 458 g/mol. The zero-order chi connectivity index (χ0) is 22.6. The van der Waals surface area contributed by atoms with Gasteiger partial charge in [0.15, 0.2) is 4.96 Å².